The molecule has 8 heteroatoms. The molecule has 0 unspecified atom stereocenters. The van der Waals surface area contributed by atoms with Gasteiger partial charge < -0.3 is 14.8 Å². The molecule has 2 aromatic rings. The molecule has 0 amide bonds. The number of aromatic nitrogens is 1. The highest BCUT2D eigenvalue weighted by Crippen LogP contribution is 2.50. The molecule has 0 fully saturated rings. The number of nitrogens with zero attached hydrogens (tertiary/aromatic N) is 1. The van der Waals surface area contributed by atoms with Gasteiger partial charge in [0.25, 0.3) is 0 Å². The molecule has 0 aliphatic heterocycles. The van der Waals surface area contributed by atoms with E-state index in [1.54, 1.807) is 18.4 Å². The highest BCUT2D eigenvalue weighted by atomic mass is 32.2. The lowest BCUT2D eigenvalue weighted by molar-refractivity contribution is 0.230. The molecular weight excluding hydrogens is 327 g/mol. The Morgan fingerprint density at radius 1 is 1.24 bits per heavy atom. The van der Waals surface area contributed by atoms with E-state index in [1.165, 1.54) is 0 Å². The summed E-state index contributed by atoms with van der Waals surface area (Å²) in [5, 5.41) is 0. The van der Waals surface area contributed by atoms with E-state index in [-0.39, 0.29) is 13.2 Å². The first kappa shape index (κ1) is 16.4. The van der Waals surface area contributed by atoms with Crippen LogP contribution in [-0.4, -0.2) is 17.8 Å². The van der Waals surface area contributed by atoms with Crippen LogP contribution in [0.5, 0.6) is 0 Å². The van der Waals surface area contributed by atoms with Crippen molar-refractivity contribution in [2.24, 2.45) is 0 Å². The lowest BCUT2D eigenvalue weighted by atomic mass is 10.3. The molecule has 2 rings (SSSR count). The summed E-state index contributed by atoms with van der Waals surface area (Å²) in [6.45, 7) is 4.06. The van der Waals surface area contributed by atoms with Crippen LogP contribution in [0.2, 0.25) is 0 Å². The van der Waals surface area contributed by atoms with E-state index in [1.807, 2.05) is 30.3 Å². The van der Waals surface area contributed by atoms with Crippen LogP contribution in [0.1, 0.15) is 13.8 Å². The summed E-state index contributed by atoms with van der Waals surface area (Å²) in [4.78, 5) is 0. The monoisotopic (exact) mass is 344 g/mol. The van der Waals surface area contributed by atoms with E-state index in [9.17, 15) is 4.57 Å². The summed E-state index contributed by atoms with van der Waals surface area (Å²) in [6.07, 6.45) is 0. The molecule has 1 aromatic heterocycles. The first-order chi connectivity index (χ1) is 10.0. The molecule has 1 aromatic carbocycles. The number of benzene rings is 1. The Labute approximate surface area is 132 Å². The maximum absolute atomic E-state index is 12.9. The number of hydrogen-bond acceptors (Lipinski definition) is 6. The van der Waals surface area contributed by atoms with Crippen LogP contribution in [0, 0.1) is 3.95 Å². The number of nitrogen functional groups attached to an aromatic ring is 1. The first-order valence-corrected chi connectivity index (χ1v) is 9.26. The summed E-state index contributed by atoms with van der Waals surface area (Å²) in [5.41, 5.74) is 6.98. The predicted octanol–water partition coefficient (Wildman–Crippen LogP) is 3.74. The summed E-state index contributed by atoms with van der Waals surface area (Å²) < 4.78 is 26.1. The van der Waals surface area contributed by atoms with Crippen molar-refractivity contribution in [1.29, 1.82) is 0 Å². The van der Waals surface area contributed by atoms with Crippen LogP contribution in [0.3, 0.4) is 0 Å². The third-order valence-corrected chi connectivity index (χ3v) is 6.75. The average molecular weight is 344 g/mol. The normalized spacial score (nSPS) is 11.7. The molecule has 0 saturated carbocycles. The van der Waals surface area contributed by atoms with E-state index in [0.29, 0.717) is 14.4 Å². The summed E-state index contributed by atoms with van der Waals surface area (Å²) in [6, 6.07) is 9.45. The second-order valence-corrected chi connectivity index (χ2v) is 7.97. The third-order valence-electron chi connectivity index (χ3n) is 2.69. The zero-order chi connectivity index (χ0) is 15.5. The Kier molecular flexibility index (Phi) is 5.35. The van der Waals surface area contributed by atoms with E-state index in [4.69, 9.17) is 27.0 Å². The molecule has 1 heterocycles. The Morgan fingerprint density at radius 3 is 2.33 bits per heavy atom. The molecule has 2 N–H and O–H groups in total. The smallest absolute Gasteiger partial charge is 0.375 e. The molecule has 114 valence electrons. The van der Waals surface area contributed by atoms with E-state index < -0.39 is 7.60 Å². The summed E-state index contributed by atoms with van der Waals surface area (Å²) in [7, 11) is -3.43. The number of rotatable bonds is 6. The topological polar surface area (TPSA) is 66.5 Å². The van der Waals surface area contributed by atoms with Gasteiger partial charge in [0.15, 0.2) is 8.57 Å². The molecule has 0 aliphatic carbocycles. The highest BCUT2D eigenvalue weighted by Gasteiger charge is 2.33. The maximum atomic E-state index is 12.9. The zero-order valence-electron chi connectivity index (χ0n) is 11.8. The van der Waals surface area contributed by atoms with Crippen molar-refractivity contribution < 1.29 is 13.6 Å². The van der Waals surface area contributed by atoms with Gasteiger partial charge in [0, 0.05) is 5.69 Å². The van der Waals surface area contributed by atoms with Crippen molar-refractivity contribution in [3.05, 3.63) is 34.3 Å². The van der Waals surface area contributed by atoms with Gasteiger partial charge in [-0.1, -0.05) is 29.5 Å². The molecular formula is C13H17N2O3PS2. The SMILES string of the molecule is CCOP(=O)(OCC)c1sc(=S)n(-c2ccccc2)c1N. The van der Waals surface area contributed by atoms with Crippen LogP contribution in [0.25, 0.3) is 5.69 Å². The van der Waals surface area contributed by atoms with Gasteiger partial charge in [-0.2, -0.15) is 0 Å². The number of anilines is 1. The van der Waals surface area contributed by atoms with E-state index in [0.717, 1.165) is 17.0 Å². The van der Waals surface area contributed by atoms with Gasteiger partial charge in [0.2, 0.25) is 0 Å². The number of para-hydroxylation sites is 1. The third kappa shape index (κ3) is 3.27. The molecule has 0 atom stereocenters. The minimum atomic E-state index is -3.43. The molecule has 0 radical (unpaired) electrons. The fraction of sp³-hybridized carbons (Fsp3) is 0.308. The average Bonchev–Trinajstić information content (AvgIpc) is 2.76. The Bertz CT molecular complexity index is 702. The van der Waals surface area contributed by atoms with Gasteiger partial charge in [0.05, 0.1) is 13.2 Å². The Balaban J connectivity index is 2.58. The van der Waals surface area contributed by atoms with Crippen LogP contribution < -0.4 is 10.4 Å². The van der Waals surface area contributed by atoms with Crippen molar-refractivity contribution in [3.63, 3.8) is 0 Å². The molecule has 21 heavy (non-hydrogen) atoms. The zero-order valence-corrected chi connectivity index (χ0v) is 14.3. The summed E-state index contributed by atoms with van der Waals surface area (Å²) in [5.74, 6) is 0.307. The Hall–Kier alpha value is -0.980. The highest BCUT2D eigenvalue weighted by molar-refractivity contribution is 7.76. The van der Waals surface area contributed by atoms with Crippen molar-refractivity contribution in [2.45, 2.75) is 13.8 Å². The molecule has 0 spiro atoms. The number of hydrogen-bond donors (Lipinski definition) is 1. The quantitative estimate of drug-likeness (QED) is 0.639. The van der Waals surface area contributed by atoms with Crippen LogP contribution >= 0.6 is 31.2 Å². The summed E-state index contributed by atoms with van der Waals surface area (Å²) >= 11 is 6.51. The molecule has 0 bridgehead atoms. The molecule has 0 saturated heterocycles. The minimum absolute atomic E-state index is 0.271. The van der Waals surface area contributed by atoms with E-state index in [2.05, 4.69) is 0 Å². The van der Waals surface area contributed by atoms with Crippen molar-refractivity contribution >= 4 is 41.6 Å². The standard InChI is InChI=1S/C13H17N2O3PS2/c1-3-17-19(16,18-4-2)12-11(14)15(13(20)21-12)10-8-6-5-7-9-10/h5-9H,3-4,14H2,1-2H3. The van der Waals surface area contributed by atoms with Gasteiger partial charge in [-0.05, 0) is 38.2 Å². The van der Waals surface area contributed by atoms with Gasteiger partial charge in [0.1, 0.15) is 5.82 Å². The van der Waals surface area contributed by atoms with Gasteiger partial charge in [-0.15, -0.1) is 0 Å². The van der Waals surface area contributed by atoms with Crippen LogP contribution in [0.4, 0.5) is 5.82 Å². The lowest BCUT2D eigenvalue weighted by Gasteiger charge is -2.16. The Morgan fingerprint density at radius 2 is 1.81 bits per heavy atom. The van der Waals surface area contributed by atoms with Gasteiger partial charge >= 0.3 is 7.60 Å². The minimum Gasteiger partial charge on any atom is -0.383 e. The fourth-order valence-electron chi connectivity index (χ4n) is 1.89. The molecule has 5 nitrogen and oxygen atoms in total. The van der Waals surface area contributed by atoms with Crippen molar-refractivity contribution in [3.8, 4) is 5.69 Å². The van der Waals surface area contributed by atoms with Crippen LogP contribution in [0.15, 0.2) is 30.3 Å². The van der Waals surface area contributed by atoms with E-state index >= 15 is 0 Å². The second kappa shape index (κ2) is 6.85. The van der Waals surface area contributed by atoms with Gasteiger partial charge in [-0.25, -0.2) is 0 Å². The van der Waals surface area contributed by atoms with Crippen molar-refractivity contribution in [2.75, 3.05) is 18.9 Å². The molecule has 0 aliphatic rings. The number of nitrogens with two attached hydrogens (primary N) is 1. The predicted molar refractivity (Wildman–Crippen MR) is 89.4 cm³/mol. The van der Waals surface area contributed by atoms with Crippen molar-refractivity contribution in [1.82, 2.24) is 4.57 Å². The number of thiazole rings is 1. The maximum Gasteiger partial charge on any atom is 0.375 e. The second-order valence-electron chi connectivity index (χ2n) is 4.06. The lowest BCUT2D eigenvalue weighted by Crippen LogP contribution is -2.14. The van der Waals surface area contributed by atoms with Gasteiger partial charge in [-0.3, -0.25) is 9.13 Å². The first-order valence-electron chi connectivity index (χ1n) is 6.50. The van der Waals surface area contributed by atoms with Crippen LogP contribution in [-0.2, 0) is 13.6 Å². The largest absolute Gasteiger partial charge is 0.383 e. The fourth-order valence-corrected chi connectivity index (χ4v) is 5.57.